The highest BCUT2D eigenvalue weighted by Crippen LogP contribution is 2.10. The van der Waals surface area contributed by atoms with Crippen molar-refractivity contribution in [2.24, 2.45) is 0 Å². The molecule has 2 aromatic carbocycles. The van der Waals surface area contributed by atoms with Gasteiger partial charge in [-0.1, -0.05) is 31.2 Å². The van der Waals surface area contributed by atoms with Gasteiger partial charge in [-0.2, -0.15) is 0 Å². The lowest BCUT2D eigenvalue weighted by Gasteiger charge is -2.21. The maximum Gasteiger partial charge on any atom is 0.282 e. The van der Waals surface area contributed by atoms with E-state index in [4.69, 9.17) is 0 Å². The van der Waals surface area contributed by atoms with E-state index in [1.807, 2.05) is 14.0 Å². The van der Waals surface area contributed by atoms with Gasteiger partial charge in [-0.3, -0.25) is 9.59 Å². The van der Waals surface area contributed by atoms with Crippen LogP contribution in [0.5, 0.6) is 0 Å². The SMILES string of the molecule is CCc1ccc(C[NH+](C)[C@H](C)C(=O)Nc2ccc(C(C)=O)cc2)cc1. The highest BCUT2D eigenvalue weighted by atomic mass is 16.2. The lowest BCUT2D eigenvalue weighted by molar-refractivity contribution is -0.907. The van der Waals surface area contributed by atoms with Crippen LogP contribution in [-0.2, 0) is 17.8 Å². The van der Waals surface area contributed by atoms with Crippen LogP contribution < -0.4 is 10.2 Å². The molecule has 0 aliphatic carbocycles. The maximum atomic E-state index is 12.5. The van der Waals surface area contributed by atoms with E-state index in [0.29, 0.717) is 11.3 Å². The summed E-state index contributed by atoms with van der Waals surface area (Å²) in [6.07, 6.45) is 1.03. The van der Waals surface area contributed by atoms with E-state index in [1.54, 1.807) is 24.3 Å². The Balaban J connectivity index is 1.94. The van der Waals surface area contributed by atoms with Crippen molar-refractivity contribution >= 4 is 17.4 Å². The number of ketones is 1. The normalized spacial score (nSPS) is 13.1. The number of nitrogens with one attached hydrogen (secondary N) is 2. The molecular formula is C21H27N2O2+. The number of carbonyl (C=O) groups excluding carboxylic acids is 2. The summed E-state index contributed by atoms with van der Waals surface area (Å²) in [5.41, 5.74) is 3.90. The summed E-state index contributed by atoms with van der Waals surface area (Å²) in [6, 6.07) is 15.4. The molecule has 4 heteroatoms. The molecule has 2 rings (SSSR count). The number of Topliss-reactive ketones (excluding diaryl/α,β-unsaturated/α-hetero) is 1. The van der Waals surface area contributed by atoms with E-state index >= 15 is 0 Å². The van der Waals surface area contributed by atoms with Crippen molar-refractivity contribution in [3.63, 3.8) is 0 Å². The first kappa shape index (κ1) is 18.9. The van der Waals surface area contributed by atoms with Crippen molar-refractivity contribution in [1.29, 1.82) is 0 Å². The second kappa shape index (κ2) is 8.58. The van der Waals surface area contributed by atoms with Crippen molar-refractivity contribution < 1.29 is 14.5 Å². The molecule has 132 valence electrons. The zero-order chi connectivity index (χ0) is 18.4. The van der Waals surface area contributed by atoms with Crippen LogP contribution in [0, 0.1) is 0 Å². The van der Waals surface area contributed by atoms with Crippen LogP contribution in [0.25, 0.3) is 0 Å². The highest BCUT2D eigenvalue weighted by Gasteiger charge is 2.22. The Kier molecular flexibility index (Phi) is 6.48. The van der Waals surface area contributed by atoms with Crippen molar-refractivity contribution in [3.8, 4) is 0 Å². The molecule has 0 saturated carbocycles. The van der Waals surface area contributed by atoms with Gasteiger partial charge in [0, 0.05) is 16.8 Å². The molecule has 0 fully saturated rings. The second-order valence-electron chi connectivity index (χ2n) is 6.54. The number of hydrogen-bond acceptors (Lipinski definition) is 2. The monoisotopic (exact) mass is 339 g/mol. The molecule has 0 heterocycles. The van der Waals surface area contributed by atoms with E-state index in [-0.39, 0.29) is 17.7 Å². The zero-order valence-electron chi connectivity index (χ0n) is 15.4. The maximum absolute atomic E-state index is 12.5. The van der Waals surface area contributed by atoms with Crippen LogP contribution in [0.1, 0.15) is 42.3 Å². The van der Waals surface area contributed by atoms with Crippen LogP contribution in [0.15, 0.2) is 48.5 Å². The molecule has 1 amide bonds. The first-order valence-corrected chi connectivity index (χ1v) is 8.72. The topological polar surface area (TPSA) is 50.6 Å². The lowest BCUT2D eigenvalue weighted by atomic mass is 10.1. The number of aryl methyl sites for hydroxylation is 1. The summed E-state index contributed by atoms with van der Waals surface area (Å²) in [6.45, 7) is 6.39. The van der Waals surface area contributed by atoms with Gasteiger partial charge in [-0.25, -0.2) is 0 Å². The summed E-state index contributed by atoms with van der Waals surface area (Å²) in [5, 5.41) is 2.92. The van der Waals surface area contributed by atoms with Gasteiger partial charge < -0.3 is 10.2 Å². The largest absolute Gasteiger partial charge is 0.324 e. The summed E-state index contributed by atoms with van der Waals surface area (Å²) < 4.78 is 0. The van der Waals surface area contributed by atoms with Crippen molar-refractivity contribution in [3.05, 3.63) is 65.2 Å². The third-order valence-corrected chi connectivity index (χ3v) is 4.61. The van der Waals surface area contributed by atoms with Gasteiger partial charge in [0.1, 0.15) is 6.54 Å². The molecular weight excluding hydrogens is 312 g/mol. The fraction of sp³-hybridized carbons (Fsp3) is 0.333. The minimum atomic E-state index is -0.182. The van der Waals surface area contributed by atoms with Crippen LogP contribution in [-0.4, -0.2) is 24.8 Å². The van der Waals surface area contributed by atoms with Crippen LogP contribution in [0.4, 0.5) is 5.69 Å². The Morgan fingerprint density at radius 2 is 1.56 bits per heavy atom. The Morgan fingerprint density at radius 1 is 1.00 bits per heavy atom. The van der Waals surface area contributed by atoms with E-state index in [2.05, 4.69) is 36.5 Å². The minimum absolute atomic E-state index is 0.0181. The second-order valence-corrected chi connectivity index (χ2v) is 6.54. The number of quaternary nitrogens is 1. The molecule has 4 nitrogen and oxygen atoms in total. The Hall–Kier alpha value is -2.46. The highest BCUT2D eigenvalue weighted by molar-refractivity contribution is 5.96. The average Bonchev–Trinajstić information content (AvgIpc) is 2.62. The molecule has 0 aliphatic rings. The van der Waals surface area contributed by atoms with Crippen molar-refractivity contribution in [2.75, 3.05) is 12.4 Å². The molecule has 0 aromatic heterocycles. The predicted octanol–water partition coefficient (Wildman–Crippen LogP) is 2.49. The number of amides is 1. The Labute approximate surface area is 149 Å². The number of benzene rings is 2. The van der Waals surface area contributed by atoms with Crippen LogP contribution in [0.2, 0.25) is 0 Å². The summed E-state index contributed by atoms with van der Waals surface area (Å²) in [5.74, 6) is -0.0113. The number of rotatable bonds is 7. The molecule has 0 radical (unpaired) electrons. The number of anilines is 1. The molecule has 25 heavy (non-hydrogen) atoms. The first-order chi connectivity index (χ1) is 11.9. The summed E-state index contributed by atoms with van der Waals surface area (Å²) in [7, 11) is 2.02. The van der Waals surface area contributed by atoms with E-state index in [0.717, 1.165) is 17.9 Å². The third-order valence-electron chi connectivity index (χ3n) is 4.61. The molecule has 0 bridgehead atoms. The number of hydrogen-bond donors (Lipinski definition) is 2. The van der Waals surface area contributed by atoms with Gasteiger partial charge in [0.05, 0.1) is 7.05 Å². The van der Waals surface area contributed by atoms with Gasteiger partial charge in [0.25, 0.3) is 5.91 Å². The molecule has 2 atom stereocenters. The average molecular weight is 339 g/mol. The predicted molar refractivity (Wildman–Crippen MR) is 101 cm³/mol. The smallest absolute Gasteiger partial charge is 0.282 e. The number of likely N-dealkylation sites (N-methyl/N-ethyl adjacent to an activating group) is 1. The van der Waals surface area contributed by atoms with Crippen molar-refractivity contribution in [2.45, 2.75) is 39.8 Å². The molecule has 2 N–H and O–H groups in total. The van der Waals surface area contributed by atoms with Crippen LogP contribution in [0.3, 0.4) is 0 Å². The van der Waals surface area contributed by atoms with Gasteiger partial charge >= 0.3 is 0 Å². The Morgan fingerprint density at radius 3 is 2.08 bits per heavy atom. The van der Waals surface area contributed by atoms with Crippen LogP contribution >= 0.6 is 0 Å². The van der Waals surface area contributed by atoms with Gasteiger partial charge in [-0.05, 0) is 50.1 Å². The first-order valence-electron chi connectivity index (χ1n) is 8.72. The third kappa shape index (κ3) is 5.26. The van der Waals surface area contributed by atoms with E-state index < -0.39 is 0 Å². The van der Waals surface area contributed by atoms with E-state index in [1.165, 1.54) is 18.1 Å². The fourth-order valence-corrected chi connectivity index (χ4v) is 2.63. The molecule has 2 aromatic rings. The quantitative estimate of drug-likeness (QED) is 0.762. The lowest BCUT2D eigenvalue weighted by Crippen LogP contribution is -3.12. The Bertz CT molecular complexity index is 721. The minimum Gasteiger partial charge on any atom is -0.324 e. The fourth-order valence-electron chi connectivity index (χ4n) is 2.63. The van der Waals surface area contributed by atoms with Gasteiger partial charge in [-0.15, -0.1) is 0 Å². The van der Waals surface area contributed by atoms with Gasteiger partial charge in [0.2, 0.25) is 0 Å². The summed E-state index contributed by atoms with van der Waals surface area (Å²) >= 11 is 0. The van der Waals surface area contributed by atoms with E-state index in [9.17, 15) is 9.59 Å². The standard InChI is InChI=1S/C21H26N2O2/c1-5-17-6-8-18(9-7-17)14-23(4)15(2)21(25)22-20-12-10-19(11-13-20)16(3)24/h6-13,15H,5,14H2,1-4H3,(H,22,25)/p+1/t15-/m1/s1. The molecule has 0 saturated heterocycles. The number of carbonyl (C=O) groups is 2. The molecule has 1 unspecified atom stereocenters. The zero-order valence-corrected chi connectivity index (χ0v) is 15.4. The molecule has 0 spiro atoms. The molecule has 0 aliphatic heterocycles. The summed E-state index contributed by atoms with van der Waals surface area (Å²) in [4.78, 5) is 24.9. The van der Waals surface area contributed by atoms with Crippen molar-refractivity contribution in [1.82, 2.24) is 0 Å². The van der Waals surface area contributed by atoms with Gasteiger partial charge in [0.15, 0.2) is 11.8 Å².